The van der Waals surface area contributed by atoms with Crippen LogP contribution in [0.5, 0.6) is 0 Å². The van der Waals surface area contributed by atoms with E-state index in [0.29, 0.717) is 13.0 Å². The Balaban J connectivity index is 4.77. The summed E-state index contributed by atoms with van der Waals surface area (Å²) in [4.78, 5) is 23.7. The van der Waals surface area contributed by atoms with Gasteiger partial charge in [0, 0.05) is 7.11 Å². The van der Waals surface area contributed by atoms with Gasteiger partial charge in [0.2, 0.25) is 0 Å². The quantitative estimate of drug-likeness (QED) is 0.495. The minimum absolute atomic E-state index is 0.213. The van der Waals surface area contributed by atoms with Gasteiger partial charge < -0.3 is 9.47 Å². The van der Waals surface area contributed by atoms with Gasteiger partial charge in [0.25, 0.3) is 0 Å². The molecule has 0 aromatic heterocycles. The molecule has 0 aliphatic carbocycles. The summed E-state index contributed by atoms with van der Waals surface area (Å²) >= 11 is 0. The van der Waals surface area contributed by atoms with Gasteiger partial charge >= 0.3 is 5.97 Å². The monoisotopic (exact) mass is 230 g/mol. The van der Waals surface area contributed by atoms with Crippen LogP contribution in [0.3, 0.4) is 0 Å². The van der Waals surface area contributed by atoms with E-state index in [-0.39, 0.29) is 5.78 Å². The molecule has 1 atom stereocenters. The van der Waals surface area contributed by atoms with Crippen molar-refractivity contribution in [1.82, 2.24) is 0 Å². The van der Waals surface area contributed by atoms with Crippen molar-refractivity contribution in [1.29, 1.82) is 0 Å². The Hall–Kier alpha value is -0.900. The average molecular weight is 230 g/mol. The molecule has 0 aliphatic heterocycles. The molecule has 4 heteroatoms. The van der Waals surface area contributed by atoms with Crippen molar-refractivity contribution in [2.45, 2.75) is 46.1 Å². The Labute approximate surface area is 97.3 Å². The summed E-state index contributed by atoms with van der Waals surface area (Å²) in [5.41, 5.74) is -0.938. The summed E-state index contributed by atoms with van der Waals surface area (Å²) in [6.07, 6.45) is 1.26. The molecule has 1 unspecified atom stereocenters. The van der Waals surface area contributed by atoms with E-state index < -0.39 is 17.5 Å². The molecule has 0 saturated carbocycles. The summed E-state index contributed by atoms with van der Waals surface area (Å²) in [5.74, 6) is -1.37. The molecule has 0 rings (SSSR count). The molecule has 0 spiro atoms. The predicted octanol–water partition coefficient (Wildman–Crippen LogP) is 1.96. The number of rotatable bonds is 7. The lowest BCUT2D eigenvalue weighted by Crippen LogP contribution is -2.42. The van der Waals surface area contributed by atoms with Crippen LogP contribution in [0.25, 0.3) is 0 Å². The Morgan fingerprint density at radius 1 is 1.25 bits per heavy atom. The van der Waals surface area contributed by atoms with Crippen LogP contribution in [0, 0.1) is 5.92 Å². The molecule has 94 valence electrons. The molecule has 0 saturated heterocycles. The van der Waals surface area contributed by atoms with E-state index in [1.54, 1.807) is 20.8 Å². The van der Waals surface area contributed by atoms with Gasteiger partial charge in [-0.25, -0.2) is 0 Å². The third kappa shape index (κ3) is 3.93. The van der Waals surface area contributed by atoms with Gasteiger partial charge in [0.15, 0.2) is 5.78 Å². The summed E-state index contributed by atoms with van der Waals surface area (Å²) in [6, 6.07) is 0. The Morgan fingerprint density at radius 3 is 2.19 bits per heavy atom. The first-order chi connectivity index (χ1) is 7.40. The maximum Gasteiger partial charge on any atom is 0.316 e. The number of ketones is 1. The second-order valence-electron chi connectivity index (χ2n) is 4.17. The van der Waals surface area contributed by atoms with Crippen molar-refractivity contribution in [2.75, 3.05) is 13.7 Å². The van der Waals surface area contributed by atoms with Gasteiger partial charge in [0.1, 0.15) is 11.5 Å². The normalized spacial score (nSPS) is 13.3. The Kier molecular flexibility index (Phi) is 6.26. The summed E-state index contributed by atoms with van der Waals surface area (Å²) in [7, 11) is 1.46. The van der Waals surface area contributed by atoms with E-state index in [1.807, 2.05) is 6.92 Å². The standard InChI is InChI=1S/C12H22O4/c1-6-8-9(11(14)16-7-2)10(13)12(3,4)15-5/h9H,6-8H2,1-5H3. The number of Topliss-reactive ketones (excluding diaryl/α,β-unsaturated/α-hetero) is 1. The predicted molar refractivity (Wildman–Crippen MR) is 61.1 cm³/mol. The molecular formula is C12H22O4. The zero-order valence-electron chi connectivity index (χ0n) is 10.8. The van der Waals surface area contributed by atoms with Crippen LogP contribution in [-0.2, 0) is 19.1 Å². The molecule has 0 bridgehead atoms. The van der Waals surface area contributed by atoms with Gasteiger partial charge in [-0.15, -0.1) is 0 Å². The third-order valence-corrected chi connectivity index (χ3v) is 2.57. The number of carbonyl (C=O) groups is 2. The number of methoxy groups -OCH3 is 1. The molecule has 16 heavy (non-hydrogen) atoms. The van der Waals surface area contributed by atoms with Crippen LogP contribution in [0.15, 0.2) is 0 Å². The fourth-order valence-electron chi connectivity index (χ4n) is 1.41. The maximum atomic E-state index is 12.1. The number of hydrogen-bond acceptors (Lipinski definition) is 4. The van der Waals surface area contributed by atoms with E-state index in [1.165, 1.54) is 7.11 Å². The van der Waals surface area contributed by atoms with Crippen LogP contribution < -0.4 is 0 Å². The number of esters is 1. The third-order valence-electron chi connectivity index (χ3n) is 2.57. The van der Waals surface area contributed by atoms with Crippen molar-refractivity contribution in [3.63, 3.8) is 0 Å². The fraction of sp³-hybridized carbons (Fsp3) is 0.833. The first-order valence-electron chi connectivity index (χ1n) is 5.66. The number of ether oxygens (including phenoxy) is 2. The first kappa shape index (κ1) is 15.1. The molecule has 0 heterocycles. The minimum Gasteiger partial charge on any atom is -0.465 e. The molecule has 0 aliphatic rings. The highest BCUT2D eigenvalue weighted by Gasteiger charge is 2.37. The molecular weight excluding hydrogens is 208 g/mol. The SMILES string of the molecule is CCCC(C(=O)OCC)C(=O)C(C)(C)OC. The summed E-state index contributed by atoms with van der Waals surface area (Å²) in [6.45, 7) is 7.28. The van der Waals surface area contributed by atoms with E-state index in [2.05, 4.69) is 0 Å². The zero-order valence-corrected chi connectivity index (χ0v) is 10.8. The Bertz CT molecular complexity index is 245. The molecule has 0 N–H and O–H groups in total. The largest absolute Gasteiger partial charge is 0.465 e. The van der Waals surface area contributed by atoms with Crippen LogP contribution in [0.1, 0.15) is 40.5 Å². The van der Waals surface area contributed by atoms with E-state index in [0.717, 1.165) is 6.42 Å². The molecule has 0 fully saturated rings. The van der Waals surface area contributed by atoms with Crippen molar-refractivity contribution >= 4 is 11.8 Å². The molecule has 0 radical (unpaired) electrons. The lowest BCUT2D eigenvalue weighted by molar-refractivity contribution is -0.158. The van der Waals surface area contributed by atoms with Crippen LogP contribution in [0.2, 0.25) is 0 Å². The molecule has 0 aromatic rings. The van der Waals surface area contributed by atoms with E-state index in [9.17, 15) is 9.59 Å². The highest BCUT2D eigenvalue weighted by Crippen LogP contribution is 2.20. The number of hydrogen-bond donors (Lipinski definition) is 0. The van der Waals surface area contributed by atoms with Crippen molar-refractivity contribution < 1.29 is 19.1 Å². The smallest absolute Gasteiger partial charge is 0.316 e. The maximum absolute atomic E-state index is 12.1. The topological polar surface area (TPSA) is 52.6 Å². The Morgan fingerprint density at radius 2 is 1.81 bits per heavy atom. The van der Waals surface area contributed by atoms with Crippen LogP contribution >= 0.6 is 0 Å². The zero-order chi connectivity index (χ0) is 12.8. The highest BCUT2D eigenvalue weighted by molar-refractivity contribution is 6.03. The van der Waals surface area contributed by atoms with Gasteiger partial charge in [-0.3, -0.25) is 9.59 Å². The lowest BCUT2D eigenvalue weighted by atomic mass is 9.88. The van der Waals surface area contributed by atoms with Crippen molar-refractivity contribution in [2.24, 2.45) is 5.92 Å². The van der Waals surface area contributed by atoms with Crippen molar-refractivity contribution in [3.05, 3.63) is 0 Å². The van der Waals surface area contributed by atoms with Crippen molar-refractivity contribution in [3.8, 4) is 0 Å². The average Bonchev–Trinajstić information content (AvgIpc) is 2.25. The molecule has 0 amide bonds. The molecule has 0 aromatic carbocycles. The summed E-state index contributed by atoms with van der Waals surface area (Å²) in [5, 5.41) is 0. The fourth-order valence-corrected chi connectivity index (χ4v) is 1.41. The van der Waals surface area contributed by atoms with Crippen LogP contribution in [-0.4, -0.2) is 31.1 Å². The van der Waals surface area contributed by atoms with E-state index in [4.69, 9.17) is 9.47 Å². The second kappa shape index (κ2) is 6.63. The molecule has 4 nitrogen and oxygen atoms in total. The van der Waals surface area contributed by atoms with Gasteiger partial charge in [-0.05, 0) is 27.2 Å². The van der Waals surface area contributed by atoms with Gasteiger partial charge in [0.05, 0.1) is 6.61 Å². The second-order valence-corrected chi connectivity index (χ2v) is 4.17. The highest BCUT2D eigenvalue weighted by atomic mass is 16.5. The van der Waals surface area contributed by atoms with Gasteiger partial charge in [-0.2, -0.15) is 0 Å². The number of carbonyl (C=O) groups excluding carboxylic acids is 2. The summed E-state index contributed by atoms with van der Waals surface area (Å²) < 4.78 is 10.00. The minimum atomic E-state index is -0.938. The lowest BCUT2D eigenvalue weighted by Gasteiger charge is -2.25. The van der Waals surface area contributed by atoms with E-state index >= 15 is 0 Å². The van der Waals surface area contributed by atoms with Gasteiger partial charge in [-0.1, -0.05) is 13.3 Å². The first-order valence-corrected chi connectivity index (χ1v) is 5.66. The van der Waals surface area contributed by atoms with Crippen LogP contribution in [0.4, 0.5) is 0 Å².